The Hall–Kier alpha value is -1.62. The van der Waals surface area contributed by atoms with Gasteiger partial charge in [0.05, 0.1) is 11.5 Å². The second-order valence-electron chi connectivity index (χ2n) is 2.96. The van der Waals surface area contributed by atoms with Crippen LogP contribution in [-0.2, 0) is 11.3 Å². The topological polar surface area (TPSA) is 72.6 Å². The van der Waals surface area contributed by atoms with Crippen LogP contribution < -0.4 is 0 Å². The van der Waals surface area contributed by atoms with E-state index in [1.54, 1.807) is 6.92 Å². The van der Waals surface area contributed by atoms with Crippen molar-refractivity contribution in [3.05, 3.63) is 33.4 Å². The molecule has 0 atom stereocenters. The number of nitrogens with zero attached hydrogens (tertiary/aromatic N) is 1. The molecule has 76 valence electrons. The molecule has 0 unspecified atom stereocenters. The second kappa shape index (κ2) is 4.06. The average Bonchev–Trinajstić information content (AvgIpc) is 2.12. The van der Waals surface area contributed by atoms with E-state index in [2.05, 4.69) is 0 Å². The molecule has 0 aliphatic rings. The van der Waals surface area contributed by atoms with Gasteiger partial charge in [0.25, 0.3) is 5.69 Å². The third kappa shape index (κ3) is 2.00. The quantitative estimate of drug-likeness (QED) is 0.591. The molecule has 0 fully saturated rings. The molecule has 14 heavy (non-hydrogen) atoms. The molecule has 0 radical (unpaired) electrons. The Morgan fingerprint density at radius 2 is 2.21 bits per heavy atom. The van der Waals surface area contributed by atoms with Gasteiger partial charge in [0.15, 0.2) is 0 Å². The van der Waals surface area contributed by atoms with E-state index >= 15 is 0 Å². The maximum atomic E-state index is 10.5. The highest BCUT2D eigenvalue weighted by Gasteiger charge is 2.13. The van der Waals surface area contributed by atoms with E-state index in [1.165, 1.54) is 19.2 Å². The summed E-state index contributed by atoms with van der Waals surface area (Å²) in [5.41, 5.74) is 0.873. The predicted molar refractivity (Wildman–Crippen MR) is 50.2 cm³/mol. The molecule has 0 saturated carbocycles. The molecule has 0 heterocycles. The SMILES string of the molecule is COCc1cc([N+](=O)[O-])cc(C)c1O. The monoisotopic (exact) mass is 197 g/mol. The summed E-state index contributed by atoms with van der Waals surface area (Å²) in [6.45, 7) is 1.77. The van der Waals surface area contributed by atoms with Gasteiger partial charge in [0.1, 0.15) is 5.75 Å². The number of ether oxygens (including phenoxy) is 1. The average molecular weight is 197 g/mol. The number of aryl methyl sites for hydroxylation is 1. The molecule has 1 aromatic rings. The van der Waals surface area contributed by atoms with Gasteiger partial charge in [0, 0.05) is 24.8 Å². The first kappa shape index (κ1) is 10.5. The number of nitro groups is 1. The van der Waals surface area contributed by atoms with Gasteiger partial charge < -0.3 is 9.84 Å². The number of methoxy groups -OCH3 is 1. The van der Waals surface area contributed by atoms with Crippen LogP contribution in [0.4, 0.5) is 5.69 Å². The number of hydrogen-bond donors (Lipinski definition) is 1. The number of rotatable bonds is 3. The maximum absolute atomic E-state index is 10.5. The van der Waals surface area contributed by atoms with Crippen LogP contribution >= 0.6 is 0 Å². The number of hydrogen-bond acceptors (Lipinski definition) is 4. The third-order valence-corrected chi connectivity index (χ3v) is 1.87. The van der Waals surface area contributed by atoms with E-state index in [0.29, 0.717) is 11.1 Å². The third-order valence-electron chi connectivity index (χ3n) is 1.87. The van der Waals surface area contributed by atoms with Crippen LogP contribution in [0, 0.1) is 17.0 Å². The number of nitro benzene ring substituents is 1. The predicted octanol–water partition coefficient (Wildman–Crippen LogP) is 1.76. The van der Waals surface area contributed by atoms with Crippen molar-refractivity contribution in [3.63, 3.8) is 0 Å². The zero-order valence-corrected chi connectivity index (χ0v) is 7.98. The Balaban J connectivity index is 3.20. The van der Waals surface area contributed by atoms with E-state index in [4.69, 9.17) is 4.74 Å². The molecule has 0 saturated heterocycles. The van der Waals surface area contributed by atoms with Crippen LogP contribution in [0.2, 0.25) is 0 Å². The Bertz CT molecular complexity index is 362. The van der Waals surface area contributed by atoms with Crippen molar-refractivity contribution >= 4 is 5.69 Å². The van der Waals surface area contributed by atoms with Gasteiger partial charge in [-0.1, -0.05) is 0 Å². The number of benzene rings is 1. The van der Waals surface area contributed by atoms with Gasteiger partial charge in [-0.2, -0.15) is 0 Å². The second-order valence-corrected chi connectivity index (χ2v) is 2.96. The smallest absolute Gasteiger partial charge is 0.270 e. The number of non-ortho nitro benzene ring substituents is 1. The van der Waals surface area contributed by atoms with Crippen molar-refractivity contribution in [3.8, 4) is 5.75 Å². The van der Waals surface area contributed by atoms with Crippen LogP contribution in [0.25, 0.3) is 0 Å². The van der Waals surface area contributed by atoms with Crippen LogP contribution in [-0.4, -0.2) is 17.1 Å². The van der Waals surface area contributed by atoms with Crippen molar-refractivity contribution < 1.29 is 14.8 Å². The van der Waals surface area contributed by atoms with Gasteiger partial charge in [-0.05, 0) is 12.5 Å². The zero-order valence-electron chi connectivity index (χ0n) is 7.98. The molecule has 5 nitrogen and oxygen atoms in total. The fraction of sp³-hybridized carbons (Fsp3) is 0.333. The largest absolute Gasteiger partial charge is 0.507 e. The number of phenolic OH excluding ortho intramolecular Hbond substituents is 1. The summed E-state index contributed by atoms with van der Waals surface area (Å²) in [5.74, 6) is 0.0532. The first-order chi connectivity index (χ1) is 6.56. The lowest BCUT2D eigenvalue weighted by Crippen LogP contribution is -1.95. The molecule has 0 aliphatic heterocycles. The van der Waals surface area contributed by atoms with Gasteiger partial charge in [-0.3, -0.25) is 10.1 Å². The van der Waals surface area contributed by atoms with Gasteiger partial charge in [0.2, 0.25) is 0 Å². The molecule has 0 aromatic heterocycles. The summed E-state index contributed by atoms with van der Waals surface area (Å²) in [5, 5.41) is 20.0. The number of aromatic hydroxyl groups is 1. The zero-order chi connectivity index (χ0) is 10.7. The first-order valence-corrected chi connectivity index (χ1v) is 4.02. The summed E-state index contributed by atoms with van der Waals surface area (Å²) >= 11 is 0. The van der Waals surface area contributed by atoms with Crippen LogP contribution in [0.3, 0.4) is 0 Å². The van der Waals surface area contributed by atoms with Crippen LogP contribution in [0.15, 0.2) is 12.1 Å². The standard InChI is InChI=1S/C9H11NO4/c1-6-3-8(10(12)13)4-7(5-14-2)9(6)11/h3-4,11H,5H2,1-2H3. The fourth-order valence-corrected chi connectivity index (χ4v) is 1.20. The Morgan fingerprint density at radius 1 is 1.57 bits per heavy atom. The van der Waals surface area contributed by atoms with Crippen molar-refractivity contribution in [1.29, 1.82) is 0 Å². The van der Waals surface area contributed by atoms with Crippen LogP contribution in [0.5, 0.6) is 5.75 Å². The Kier molecular flexibility index (Phi) is 3.03. The fourth-order valence-electron chi connectivity index (χ4n) is 1.20. The lowest BCUT2D eigenvalue weighted by Gasteiger charge is -2.05. The Labute approximate surface area is 81.1 Å². The molecule has 5 heteroatoms. The maximum Gasteiger partial charge on any atom is 0.270 e. The minimum atomic E-state index is -0.494. The molecule has 1 N–H and O–H groups in total. The summed E-state index contributed by atoms with van der Waals surface area (Å²) in [7, 11) is 1.47. The Morgan fingerprint density at radius 3 is 2.71 bits per heavy atom. The minimum Gasteiger partial charge on any atom is -0.507 e. The van der Waals surface area contributed by atoms with Crippen LogP contribution in [0.1, 0.15) is 11.1 Å². The summed E-state index contributed by atoms with van der Waals surface area (Å²) < 4.78 is 4.82. The molecule has 0 amide bonds. The lowest BCUT2D eigenvalue weighted by atomic mass is 10.1. The van der Waals surface area contributed by atoms with Crippen molar-refractivity contribution in [2.75, 3.05) is 7.11 Å². The summed E-state index contributed by atoms with van der Waals surface area (Å²) in [6, 6.07) is 2.64. The lowest BCUT2D eigenvalue weighted by molar-refractivity contribution is -0.385. The highest BCUT2D eigenvalue weighted by atomic mass is 16.6. The van der Waals surface area contributed by atoms with Gasteiger partial charge in [-0.15, -0.1) is 0 Å². The molecule has 0 bridgehead atoms. The van der Waals surface area contributed by atoms with E-state index in [-0.39, 0.29) is 18.0 Å². The highest BCUT2D eigenvalue weighted by molar-refractivity contribution is 5.48. The molecular weight excluding hydrogens is 186 g/mol. The molecule has 1 rings (SSSR count). The molecule has 0 aliphatic carbocycles. The van der Waals surface area contributed by atoms with E-state index in [1.807, 2.05) is 0 Å². The number of phenols is 1. The van der Waals surface area contributed by atoms with Crippen molar-refractivity contribution in [2.45, 2.75) is 13.5 Å². The van der Waals surface area contributed by atoms with E-state index in [9.17, 15) is 15.2 Å². The van der Waals surface area contributed by atoms with Gasteiger partial charge >= 0.3 is 0 Å². The summed E-state index contributed by atoms with van der Waals surface area (Å²) in [4.78, 5) is 10.0. The first-order valence-electron chi connectivity index (χ1n) is 4.02. The molecular formula is C9H11NO4. The summed E-state index contributed by atoms with van der Waals surface area (Å²) in [6.07, 6.45) is 0. The molecule has 1 aromatic carbocycles. The van der Waals surface area contributed by atoms with Crippen molar-refractivity contribution in [1.82, 2.24) is 0 Å². The minimum absolute atomic E-state index is 0.0349. The van der Waals surface area contributed by atoms with E-state index in [0.717, 1.165) is 0 Å². The van der Waals surface area contributed by atoms with Gasteiger partial charge in [-0.25, -0.2) is 0 Å². The van der Waals surface area contributed by atoms with E-state index < -0.39 is 4.92 Å². The highest BCUT2D eigenvalue weighted by Crippen LogP contribution is 2.27. The molecule has 0 spiro atoms. The normalized spacial score (nSPS) is 10.1. The van der Waals surface area contributed by atoms with Crippen molar-refractivity contribution in [2.24, 2.45) is 0 Å².